The number of thiophene rings is 1. The van der Waals surface area contributed by atoms with Gasteiger partial charge in [-0.2, -0.15) is 0 Å². The Morgan fingerprint density at radius 2 is 2.33 bits per heavy atom. The van der Waals surface area contributed by atoms with Crippen LogP contribution in [0.15, 0.2) is 11.4 Å². The van der Waals surface area contributed by atoms with Crippen LogP contribution in [0, 0.1) is 6.92 Å². The lowest BCUT2D eigenvalue weighted by Crippen LogP contribution is -2.49. The SMILES string of the molecule is CCN1CCCC[C@H]1CNC(=O)N(CCOC)Cc1sccc1C. The molecule has 6 heteroatoms. The Morgan fingerprint density at radius 3 is 3.00 bits per heavy atom. The Kier molecular flexibility index (Phi) is 8.02. The Bertz CT molecular complexity index is 506. The topological polar surface area (TPSA) is 44.8 Å². The molecule has 136 valence electrons. The van der Waals surface area contributed by atoms with Gasteiger partial charge < -0.3 is 15.0 Å². The van der Waals surface area contributed by atoms with Crippen molar-refractivity contribution in [2.24, 2.45) is 0 Å². The van der Waals surface area contributed by atoms with Gasteiger partial charge in [0.15, 0.2) is 0 Å². The van der Waals surface area contributed by atoms with E-state index >= 15 is 0 Å². The summed E-state index contributed by atoms with van der Waals surface area (Å²) in [6.07, 6.45) is 3.71. The van der Waals surface area contributed by atoms with E-state index in [0.29, 0.717) is 25.7 Å². The first-order valence-electron chi connectivity index (χ1n) is 8.94. The molecule has 0 bridgehead atoms. The second-order valence-corrected chi connectivity index (χ2v) is 7.41. The van der Waals surface area contributed by atoms with Gasteiger partial charge in [-0.1, -0.05) is 13.3 Å². The van der Waals surface area contributed by atoms with Crippen LogP contribution in [0.1, 0.15) is 36.6 Å². The van der Waals surface area contributed by atoms with Gasteiger partial charge in [0.1, 0.15) is 0 Å². The van der Waals surface area contributed by atoms with E-state index in [1.54, 1.807) is 18.4 Å². The van der Waals surface area contributed by atoms with Crippen molar-refractivity contribution in [3.05, 3.63) is 21.9 Å². The fourth-order valence-corrected chi connectivity index (χ4v) is 4.14. The van der Waals surface area contributed by atoms with Crippen LogP contribution in [0.2, 0.25) is 0 Å². The number of likely N-dealkylation sites (N-methyl/N-ethyl adjacent to an activating group) is 1. The van der Waals surface area contributed by atoms with E-state index in [1.165, 1.54) is 29.7 Å². The van der Waals surface area contributed by atoms with Gasteiger partial charge in [0.2, 0.25) is 0 Å². The van der Waals surface area contributed by atoms with Crippen LogP contribution < -0.4 is 5.32 Å². The molecule has 5 nitrogen and oxygen atoms in total. The summed E-state index contributed by atoms with van der Waals surface area (Å²) >= 11 is 1.71. The van der Waals surface area contributed by atoms with Gasteiger partial charge in [0.05, 0.1) is 13.2 Å². The lowest BCUT2D eigenvalue weighted by Gasteiger charge is -2.35. The predicted molar refractivity (Wildman–Crippen MR) is 99.6 cm³/mol. The molecule has 0 spiro atoms. The minimum Gasteiger partial charge on any atom is -0.383 e. The van der Waals surface area contributed by atoms with Crippen molar-refractivity contribution >= 4 is 17.4 Å². The summed E-state index contributed by atoms with van der Waals surface area (Å²) < 4.78 is 5.17. The molecule has 0 unspecified atom stereocenters. The number of aryl methyl sites for hydroxylation is 1. The van der Waals surface area contributed by atoms with Crippen LogP contribution in [0.5, 0.6) is 0 Å². The minimum absolute atomic E-state index is 0.0153. The van der Waals surface area contributed by atoms with Crippen LogP contribution in [-0.2, 0) is 11.3 Å². The van der Waals surface area contributed by atoms with Gasteiger partial charge in [-0.3, -0.25) is 4.90 Å². The van der Waals surface area contributed by atoms with Gasteiger partial charge >= 0.3 is 6.03 Å². The maximum absolute atomic E-state index is 12.7. The largest absolute Gasteiger partial charge is 0.383 e. The summed E-state index contributed by atoms with van der Waals surface area (Å²) in [6.45, 7) is 9.07. The van der Waals surface area contributed by atoms with E-state index in [1.807, 2.05) is 4.90 Å². The van der Waals surface area contributed by atoms with Gasteiger partial charge in [0.25, 0.3) is 0 Å². The third-order valence-electron chi connectivity index (χ3n) is 4.80. The van der Waals surface area contributed by atoms with Crippen molar-refractivity contribution in [1.29, 1.82) is 0 Å². The number of rotatable bonds is 8. The van der Waals surface area contributed by atoms with Crippen molar-refractivity contribution < 1.29 is 9.53 Å². The maximum atomic E-state index is 12.7. The summed E-state index contributed by atoms with van der Waals surface area (Å²) in [6, 6.07) is 2.59. The van der Waals surface area contributed by atoms with Crippen molar-refractivity contribution in [3.8, 4) is 0 Å². The molecular weight excluding hydrogens is 322 g/mol. The van der Waals surface area contributed by atoms with E-state index < -0.39 is 0 Å². The number of hydrogen-bond donors (Lipinski definition) is 1. The smallest absolute Gasteiger partial charge is 0.317 e. The molecule has 1 N–H and O–H groups in total. The average Bonchev–Trinajstić information content (AvgIpc) is 3.01. The van der Waals surface area contributed by atoms with Crippen molar-refractivity contribution in [1.82, 2.24) is 15.1 Å². The number of hydrogen-bond acceptors (Lipinski definition) is 4. The molecule has 1 aromatic heterocycles. The van der Waals surface area contributed by atoms with E-state index in [4.69, 9.17) is 4.74 Å². The molecule has 24 heavy (non-hydrogen) atoms. The number of amides is 2. The molecular formula is C18H31N3O2S. The van der Waals surface area contributed by atoms with Crippen molar-refractivity contribution in [2.45, 2.75) is 45.7 Å². The number of carbonyl (C=O) groups excluding carboxylic acids is 1. The summed E-state index contributed by atoms with van der Waals surface area (Å²) in [5.74, 6) is 0. The molecule has 1 fully saturated rings. The van der Waals surface area contributed by atoms with Crippen LogP contribution in [0.3, 0.4) is 0 Å². The van der Waals surface area contributed by atoms with E-state index in [9.17, 15) is 4.79 Å². The average molecular weight is 354 g/mol. The Morgan fingerprint density at radius 1 is 1.50 bits per heavy atom. The molecule has 0 radical (unpaired) electrons. The van der Waals surface area contributed by atoms with Crippen LogP contribution in [-0.4, -0.2) is 61.8 Å². The van der Waals surface area contributed by atoms with Gasteiger partial charge in [-0.15, -0.1) is 11.3 Å². The molecule has 0 aliphatic carbocycles. The first-order chi connectivity index (χ1) is 11.7. The highest BCUT2D eigenvalue weighted by atomic mass is 32.1. The summed E-state index contributed by atoms with van der Waals surface area (Å²) in [4.78, 5) is 18.3. The summed E-state index contributed by atoms with van der Waals surface area (Å²) in [5.41, 5.74) is 1.25. The molecule has 1 saturated heterocycles. The van der Waals surface area contributed by atoms with Gasteiger partial charge in [0, 0.05) is 31.1 Å². The molecule has 1 aliphatic rings. The highest BCUT2D eigenvalue weighted by molar-refractivity contribution is 7.10. The van der Waals surface area contributed by atoms with Gasteiger partial charge in [-0.05, 0) is 49.9 Å². The standard InChI is InChI=1S/C18H31N3O2S/c1-4-20-9-6-5-7-16(20)13-19-18(22)21(10-11-23-3)14-17-15(2)8-12-24-17/h8,12,16H,4-7,9-11,13-14H2,1-3H3,(H,19,22)/t16-/m0/s1. The lowest BCUT2D eigenvalue weighted by molar-refractivity contribution is 0.135. The fraction of sp³-hybridized carbons (Fsp3) is 0.722. The van der Waals surface area contributed by atoms with E-state index in [0.717, 1.165) is 19.6 Å². The Labute approximate surface area is 150 Å². The second-order valence-electron chi connectivity index (χ2n) is 6.41. The molecule has 1 aliphatic heterocycles. The van der Waals surface area contributed by atoms with Crippen molar-refractivity contribution in [3.63, 3.8) is 0 Å². The molecule has 2 heterocycles. The van der Waals surface area contributed by atoms with Crippen LogP contribution in [0.25, 0.3) is 0 Å². The highest BCUT2D eigenvalue weighted by Crippen LogP contribution is 2.18. The number of methoxy groups -OCH3 is 1. The number of likely N-dealkylation sites (tertiary alicyclic amines) is 1. The van der Waals surface area contributed by atoms with Crippen molar-refractivity contribution in [2.75, 3.05) is 39.9 Å². The maximum Gasteiger partial charge on any atom is 0.317 e. The zero-order chi connectivity index (χ0) is 17.4. The molecule has 0 aromatic carbocycles. The third-order valence-corrected chi connectivity index (χ3v) is 5.81. The number of piperidine rings is 1. The van der Waals surface area contributed by atoms with E-state index in [-0.39, 0.29) is 6.03 Å². The number of nitrogens with zero attached hydrogens (tertiary/aromatic N) is 2. The summed E-state index contributed by atoms with van der Waals surface area (Å²) in [7, 11) is 1.67. The lowest BCUT2D eigenvalue weighted by atomic mass is 10.0. The monoisotopic (exact) mass is 353 g/mol. The normalized spacial score (nSPS) is 18.5. The highest BCUT2D eigenvalue weighted by Gasteiger charge is 2.22. The fourth-order valence-electron chi connectivity index (χ4n) is 3.22. The predicted octanol–water partition coefficient (Wildman–Crippen LogP) is 3.09. The zero-order valence-electron chi connectivity index (χ0n) is 15.2. The van der Waals surface area contributed by atoms with Gasteiger partial charge in [-0.25, -0.2) is 4.79 Å². The molecule has 1 atom stereocenters. The van der Waals surface area contributed by atoms with E-state index in [2.05, 4.69) is 35.5 Å². The second kappa shape index (κ2) is 10.0. The first kappa shape index (κ1) is 19.2. The Balaban J connectivity index is 1.90. The zero-order valence-corrected chi connectivity index (χ0v) is 16.0. The Hall–Kier alpha value is -1.11. The first-order valence-corrected chi connectivity index (χ1v) is 9.82. The number of carbonyl (C=O) groups is 1. The summed E-state index contributed by atoms with van der Waals surface area (Å²) in [5, 5.41) is 5.23. The number of urea groups is 1. The molecule has 0 saturated carbocycles. The number of ether oxygens (including phenoxy) is 1. The molecule has 2 amide bonds. The van der Waals surface area contributed by atoms with Crippen LogP contribution in [0.4, 0.5) is 4.79 Å². The minimum atomic E-state index is 0.0153. The molecule has 1 aromatic rings. The quantitative estimate of drug-likeness (QED) is 0.781. The number of nitrogens with one attached hydrogen (secondary N) is 1. The molecule has 2 rings (SSSR count). The third kappa shape index (κ3) is 5.46. The van der Waals surface area contributed by atoms with Crippen LogP contribution >= 0.6 is 11.3 Å².